The van der Waals surface area contributed by atoms with Crippen molar-refractivity contribution in [2.75, 3.05) is 25.0 Å². The molecule has 1 saturated heterocycles. The molecule has 0 aliphatic carbocycles. The minimum atomic E-state index is -0.599. The lowest BCUT2D eigenvalue weighted by Gasteiger charge is -2.32. The molecule has 0 radical (unpaired) electrons. The Balaban J connectivity index is 2.04. The van der Waals surface area contributed by atoms with Gasteiger partial charge in [-0.1, -0.05) is 0 Å². The Bertz CT molecular complexity index is 582. The highest BCUT2D eigenvalue weighted by Gasteiger charge is 2.36. The summed E-state index contributed by atoms with van der Waals surface area (Å²) in [6.07, 6.45) is 3.47. The molecule has 0 saturated carbocycles. The van der Waals surface area contributed by atoms with E-state index in [1.807, 2.05) is 37.6 Å². The van der Waals surface area contributed by atoms with Crippen molar-refractivity contribution in [2.24, 2.45) is 11.7 Å². The smallest absolute Gasteiger partial charge is 0.268 e. The van der Waals surface area contributed by atoms with Gasteiger partial charge in [0.2, 0.25) is 5.91 Å². The van der Waals surface area contributed by atoms with E-state index in [1.54, 1.807) is 6.20 Å². The number of aromatic nitrogens is 2. The first-order valence-corrected chi connectivity index (χ1v) is 7.32. The molecular weight excluding hydrogens is 282 g/mol. The fourth-order valence-electron chi connectivity index (χ4n) is 2.69. The minimum absolute atomic E-state index is 0.142. The Hall–Kier alpha value is -2.18. The second-order valence-electron chi connectivity index (χ2n) is 6.75. The molecule has 0 aromatic carbocycles. The van der Waals surface area contributed by atoms with Crippen LogP contribution in [0.25, 0.3) is 0 Å². The predicted molar refractivity (Wildman–Crippen MR) is 83.4 cm³/mol. The summed E-state index contributed by atoms with van der Waals surface area (Å²) >= 11 is 0. The zero-order valence-corrected chi connectivity index (χ0v) is 13.5. The monoisotopic (exact) mass is 305 g/mol. The topological polar surface area (TPSA) is 92.4 Å². The van der Waals surface area contributed by atoms with E-state index in [-0.39, 0.29) is 23.1 Å². The van der Waals surface area contributed by atoms with E-state index in [4.69, 9.17) is 5.73 Å². The van der Waals surface area contributed by atoms with Crippen molar-refractivity contribution in [1.82, 2.24) is 14.9 Å². The number of nitrogens with zero attached hydrogens (tertiary/aromatic N) is 4. The van der Waals surface area contributed by atoms with Gasteiger partial charge < -0.3 is 15.5 Å². The molecule has 1 aliphatic rings. The van der Waals surface area contributed by atoms with Crippen LogP contribution in [-0.4, -0.2) is 52.4 Å². The Morgan fingerprint density at radius 3 is 2.68 bits per heavy atom. The Labute approximate surface area is 130 Å². The highest BCUT2D eigenvalue weighted by molar-refractivity contribution is 5.90. The van der Waals surface area contributed by atoms with Crippen molar-refractivity contribution in [3.05, 3.63) is 18.1 Å². The number of amides is 2. The van der Waals surface area contributed by atoms with Gasteiger partial charge in [-0.15, -0.1) is 0 Å². The molecule has 1 atom stereocenters. The largest absolute Gasteiger partial charge is 0.364 e. The van der Waals surface area contributed by atoms with Gasteiger partial charge in [0.15, 0.2) is 0 Å². The number of nitrogens with two attached hydrogens (primary N) is 1. The second-order valence-corrected chi connectivity index (χ2v) is 6.75. The van der Waals surface area contributed by atoms with E-state index in [9.17, 15) is 9.59 Å². The third kappa shape index (κ3) is 3.52. The Morgan fingerprint density at radius 2 is 2.14 bits per heavy atom. The molecule has 1 fully saturated rings. The van der Waals surface area contributed by atoms with Gasteiger partial charge in [0.05, 0.1) is 12.4 Å². The van der Waals surface area contributed by atoms with Crippen LogP contribution in [0.3, 0.4) is 0 Å². The summed E-state index contributed by atoms with van der Waals surface area (Å²) in [5.41, 5.74) is 5.20. The number of carbonyl (C=O) groups is 2. The molecule has 0 unspecified atom stereocenters. The molecule has 2 heterocycles. The van der Waals surface area contributed by atoms with Crippen molar-refractivity contribution < 1.29 is 9.59 Å². The van der Waals surface area contributed by atoms with Gasteiger partial charge in [-0.05, 0) is 20.8 Å². The van der Waals surface area contributed by atoms with Gasteiger partial charge in [-0.25, -0.2) is 4.98 Å². The van der Waals surface area contributed by atoms with Crippen LogP contribution in [0.1, 0.15) is 37.7 Å². The SMILES string of the molecule is CN(C[C@H]1CC(=O)N(C(C)(C)C)C1)c1cncc(C(N)=O)n1. The lowest BCUT2D eigenvalue weighted by Crippen LogP contribution is -2.42. The molecule has 7 nitrogen and oxygen atoms in total. The predicted octanol–water partition coefficient (Wildman–Crippen LogP) is 0.659. The fourth-order valence-corrected chi connectivity index (χ4v) is 2.69. The van der Waals surface area contributed by atoms with Crippen LogP contribution in [0.4, 0.5) is 5.82 Å². The van der Waals surface area contributed by atoms with E-state index >= 15 is 0 Å². The van der Waals surface area contributed by atoms with Crippen LogP contribution in [0.2, 0.25) is 0 Å². The van der Waals surface area contributed by atoms with Gasteiger partial charge in [0.1, 0.15) is 11.5 Å². The molecule has 0 bridgehead atoms. The van der Waals surface area contributed by atoms with Crippen molar-refractivity contribution in [1.29, 1.82) is 0 Å². The molecule has 1 aliphatic heterocycles. The van der Waals surface area contributed by atoms with Crippen LogP contribution in [-0.2, 0) is 4.79 Å². The van der Waals surface area contributed by atoms with Crippen LogP contribution >= 0.6 is 0 Å². The zero-order valence-electron chi connectivity index (χ0n) is 13.5. The first-order valence-electron chi connectivity index (χ1n) is 7.32. The third-order valence-corrected chi connectivity index (χ3v) is 3.81. The van der Waals surface area contributed by atoms with Crippen molar-refractivity contribution in [3.63, 3.8) is 0 Å². The molecular formula is C15H23N5O2. The summed E-state index contributed by atoms with van der Waals surface area (Å²) in [6, 6.07) is 0. The molecule has 2 N–H and O–H groups in total. The van der Waals surface area contributed by atoms with Crippen molar-refractivity contribution >= 4 is 17.6 Å². The molecule has 0 spiro atoms. The number of likely N-dealkylation sites (tertiary alicyclic amines) is 1. The number of hydrogen-bond acceptors (Lipinski definition) is 5. The number of carbonyl (C=O) groups excluding carboxylic acids is 2. The zero-order chi connectivity index (χ0) is 16.5. The molecule has 1 aromatic heterocycles. The molecule has 2 amide bonds. The number of anilines is 1. The van der Waals surface area contributed by atoms with Gasteiger partial charge in [-0.2, -0.15) is 0 Å². The Kier molecular flexibility index (Phi) is 4.35. The van der Waals surface area contributed by atoms with Crippen LogP contribution in [0.5, 0.6) is 0 Å². The maximum Gasteiger partial charge on any atom is 0.268 e. The number of hydrogen-bond donors (Lipinski definition) is 1. The van der Waals surface area contributed by atoms with E-state index in [1.165, 1.54) is 6.20 Å². The summed E-state index contributed by atoms with van der Waals surface area (Å²) < 4.78 is 0. The molecule has 22 heavy (non-hydrogen) atoms. The average molecular weight is 305 g/mol. The van der Waals surface area contributed by atoms with Gasteiger partial charge >= 0.3 is 0 Å². The van der Waals surface area contributed by atoms with Crippen molar-refractivity contribution in [2.45, 2.75) is 32.7 Å². The van der Waals surface area contributed by atoms with E-state index < -0.39 is 5.91 Å². The Morgan fingerprint density at radius 1 is 1.45 bits per heavy atom. The average Bonchev–Trinajstić information content (AvgIpc) is 2.79. The first-order chi connectivity index (χ1) is 10.2. The van der Waals surface area contributed by atoms with E-state index in [2.05, 4.69) is 9.97 Å². The number of primary amides is 1. The fraction of sp³-hybridized carbons (Fsp3) is 0.600. The quantitative estimate of drug-likeness (QED) is 0.882. The highest BCUT2D eigenvalue weighted by atomic mass is 16.2. The van der Waals surface area contributed by atoms with Crippen LogP contribution < -0.4 is 10.6 Å². The standard InChI is InChI=1S/C15H23N5O2/c1-15(2,3)20-9-10(5-13(20)21)8-19(4)12-7-17-6-11(18-12)14(16)22/h6-7,10H,5,8-9H2,1-4H3,(H2,16,22)/t10-/m1/s1. The second kappa shape index (κ2) is 5.90. The first kappa shape index (κ1) is 16.2. The van der Waals surface area contributed by atoms with Gasteiger partial charge in [0, 0.05) is 38.0 Å². The summed E-state index contributed by atoms with van der Waals surface area (Å²) in [4.78, 5) is 35.3. The summed E-state index contributed by atoms with van der Waals surface area (Å²) in [7, 11) is 1.87. The highest BCUT2D eigenvalue weighted by Crippen LogP contribution is 2.26. The minimum Gasteiger partial charge on any atom is -0.364 e. The third-order valence-electron chi connectivity index (χ3n) is 3.81. The van der Waals surface area contributed by atoms with E-state index in [0.29, 0.717) is 18.8 Å². The summed E-state index contributed by atoms with van der Waals surface area (Å²) in [6.45, 7) is 7.53. The number of rotatable bonds is 4. The molecule has 1 aromatic rings. The maximum atomic E-state index is 12.1. The van der Waals surface area contributed by atoms with Crippen LogP contribution in [0, 0.1) is 5.92 Å². The lowest BCUT2D eigenvalue weighted by molar-refractivity contribution is -0.131. The molecule has 120 valence electrons. The normalized spacial score (nSPS) is 18.6. The summed E-state index contributed by atoms with van der Waals surface area (Å²) in [5, 5.41) is 0. The lowest BCUT2D eigenvalue weighted by atomic mass is 10.1. The van der Waals surface area contributed by atoms with Gasteiger partial charge in [-0.3, -0.25) is 14.6 Å². The summed E-state index contributed by atoms with van der Waals surface area (Å²) in [5.74, 6) is 0.397. The van der Waals surface area contributed by atoms with Crippen LogP contribution in [0.15, 0.2) is 12.4 Å². The van der Waals surface area contributed by atoms with Crippen molar-refractivity contribution in [3.8, 4) is 0 Å². The van der Waals surface area contributed by atoms with E-state index in [0.717, 1.165) is 6.54 Å². The molecule has 7 heteroatoms. The molecule has 2 rings (SSSR count). The maximum absolute atomic E-state index is 12.1. The van der Waals surface area contributed by atoms with Gasteiger partial charge in [0.25, 0.3) is 5.91 Å².